The monoisotopic (exact) mass is 758 g/mol. The second-order valence-electron chi connectivity index (χ2n) is 13.6. The van der Waals surface area contributed by atoms with Crippen molar-refractivity contribution in [2.45, 2.75) is 6.18 Å². The highest BCUT2D eigenvalue weighted by molar-refractivity contribution is 6.12. The Morgan fingerprint density at radius 1 is 0.552 bits per heavy atom. The molecule has 4 heterocycles. The van der Waals surface area contributed by atoms with E-state index in [0.29, 0.717) is 34.1 Å². The average molecular weight is 759 g/mol. The number of nitriles is 1. The molecule has 0 spiro atoms. The maximum atomic E-state index is 15.2. The van der Waals surface area contributed by atoms with Gasteiger partial charge < -0.3 is 9.13 Å². The third kappa shape index (κ3) is 5.37. The molecule has 0 amide bonds. The molecule has 0 unspecified atom stereocenters. The van der Waals surface area contributed by atoms with E-state index in [9.17, 15) is 5.26 Å². The van der Waals surface area contributed by atoms with Crippen molar-refractivity contribution in [2.75, 3.05) is 0 Å². The van der Waals surface area contributed by atoms with Crippen molar-refractivity contribution in [2.24, 2.45) is 0 Å². The summed E-state index contributed by atoms with van der Waals surface area (Å²) in [6.07, 6.45) is 1.85. The van der Waals surface area contributed by atoms with Crippen LogP contribution in [0.5, 0.6) is 0 Å². The second-order valence-corrected chi connectivity index (χ2v) is 13.6. The van der Waals surface area contributed by atoms with Gasteiger partial charge in [0.05, 0.1) is 51.1 Å². The smallest absolute Gasteiger partial charge is 0.309 e. The Morgan fingerprint density at radius 2 is 1.07 bits per heavy atom. The summed E-state index contributed by atoms with van der Waals surface area (Å²) in [4.78, 5) is 21.3. The van der Waals surface area contributed by atoms with Crippen molar-refractivity contribution in [1.29, 1.82) is 5.26 Å². The van der Waals surface area contributed by atoms with E-state index in [-0.39, 0.29) is 22.4 Å². The first-order valence-corrected chi connectivity index (χ1v) is 18.1. The van der Waals surface area contributed by atoms with Gasteiger partial charge >= 0.3 is 6.18 Å². The minimum Gasteiger partial charge on any atom is -0.309 e. The van der Waals surface area contributed by atoms with Crippen molar-refractivity contribution in [1.82, 2.24) is 29.1 Å². The largest absolute Gasteiger partial charge is 0.415 e. The average Bonchev–Trinajstić information content (AvgIpc) is 3.78. The second kappa shape index (κ2) is 13.3. The molecule has 58 heavy (non-hydrogen) atoms. The summed E-state index contributed by atoms with van der Waals surface area (Å²) < 4.78 is 49.3. The number of rotatable bonds is 5. The number of para-hydroxylation sites is 2. The van der Waals surface area contributed by atoms with Gasteiger partial charge in [-0.2, -0.15) is 18.4 Å². The molecule has 0 saturated heterocycles. The van der Waals surface area contributed by atoms with Crippen LogP contribution in [0.4, 0.5) is 18.9 Å². The summed E-state index contributed by atoms with van der Waals surface area (Å²) in [5.74, 6) is 1.06. The molecule has 10 rings (SSSR count). The summed E-state index contributed by atoms with van der Waals surface area (Å²) >= 11 is 0. The Morgan fingerprint density at radius 3 is 1.59 bits per heavy atom. The highest BCUT2D eigenvalue weighted by Gasteiger charge is 2.36. The maximum absolute atomic E-state index is 15.2. The molecule has 0 radical (unpaired) electrons. The highest BCUT2D eigenvalue weighted by Crippen LogP contribution is 2.48. The molecule has 0 aliphatic carbocycles. The van der Waals surface area contributed by atoms with Gasteiger partial charge in [0.2, 0.25) is 0 Å². The zero-order chi connectivity index (χ0) is 39.5. The van der Waals surface area contributed by atoms with Crippen LogP contribution in [0.25, 0.3) is 93.7 Å². The van der Waals surface area contributed by atoms with Crippen molar-refractivity contribution in [3.05, 3.63) is 175 Å². The lowest BCUT2D eigenvalue weighted by Gasteiger charge is -2.22. The van der Waals surface area contributed by atoms with Gasteiger partial charge in [0.15, 0.2) is 17.3 Å². The van der Waals surface area contributed by atoms with Crippen molar-refractivity contribution in [3.63, 3.8) is 0 Å². The minimum atomic E-state index is -4.81. The van der Waals surface area contributed by atoms with E-state index in [1.807, 2.05) is 94.1 Å². The molecule has 0 N–H and O–H groups in total. The number of hydrogen-bond donors (Lipinski definition) is 0. The van der Waals surface area contributed by atoms with Crippen LogP contribution in [0, 0.1) is 17.9 Å². The first kappa shape index (κ1) is 34.3. The van der Waals surface area contributed by atoms with E-state index in [0.717, 1.165) is 49.8 Å². The third-order valence-electron chi connectivity index (χ3n) is 10.4. The lowest BCUT2D eigenvalue weighted by Crippen LogP contribution is -2.09. The molecule has 0 aliphatic heterocycles. The van der Waals surface area contributed by atoms with Crippen LogP contribution in [-0.2, 0) is 6.18 Å². The van der Waals surface area contributed by atoms with Crippen LogP contribution < -0.4 is 0 Å². The number of hydrogen-bond acceptors (Lipinski definition) is 5. The molecule has 0 atom stereocenters. The van der Waals surface area contributed by atoms with Gasteiger partial charge in [0, 0.05) is 63.0 Å². The Kier molecular flexibility index (Phi) is 7.85. The fourth-order valence-electron chi connectivity index (χ4n) is 8.03. The predicted octanol–water partition coefficient (Wildman–Crippen LogP) is 11.9. The quantitative estimate of drug-likeness (QED) is 0.163. The molecule has 274 valence electrons. The van der Waals surface area contributed by atoms with E-state index in [2.05, 4.69) is 30.9 Å². The summed E-state index contributed by atoms with van der Waals surface area (Å²) in [5.41, 5.74) is 3.96. The zero-order valence-corrected chi connectivity index (χ0v) is 30.1. The summed E-state index contributed by atoms with van der Waals surface area (Å²) in [5, 5.41) is 14.3. The predicted molar refractivity (Wildman–Crippen MR) is 219 cm³/mol. The topological polar surface area (TPSA) is 89.6 Å². The maximum Gasteiger partial charge on any atom is 0.415 e. The first-order valence-electron chi connectivity index (χ1n) is 18.1. The molecular weight excluding hydrogens is 734 g/mol. The molecule has 10 aromatic rings. The van der Waals surface area contributed by atoms with Gasteiger partial charge in [-0.1, -0.05) is 54.6 Å². The van der Waals surface area contributed by atoms with Crippen molar-refractivity contribution < 1.29 is 13.2 Å². The summed E-state index contributed by atoms with van der Waals surface area (Å²) in [7, 11) is 0. The Balaban J connectivity index is 1.33. The number of aromatic nitrogens is 6. The zero-order valence-electron chi connectivity index (χ0n) is 30.1. The number of nitrogens with zero attached hydrogens (tertiary/aromatic N) is 8. The molecule has 0 fully saturated rings. The summed E-state index contributed by atoms with van der Waals surface area (Å²) in [6, 6.07) is 39.5. The van der Waals surface area contributed by atoms with Crippen LogP contribution in [0.1, 0.15) is 11.1 Å². The molecule has 8 nitrogen and oxygen atoms in total. The molecule has 6 aromatic carbocycles. The fraction of sp³-hybridized carbons (Fsp3) is 0.0213. The van der Waals surface area contributed by atoms with Crippen LogP contribution in [-0.4, -0.2) is 29.1 Å². The van der Waals surface area contributed by atoms with E-state index in [4.69, 9.17) is 6.57 Å². The van der Waals surface area contributed by atoms with Gasteiger partial charge in [-0.05, 0) is 78.4 Å². The highest BCUT2D eigenvalue weighted by atomic mass is 19.4. The Hall–Kier alpha value is -8.15. The Labute approximate surface area is 328 Å². The van der Waals surface area contributed by atoms with Crippen LogP contribution >= 0.6 is 0 Å². The fourth-order valence-corrected chi connectivity index (χ4v) is 8.03. The number of halogens is 3. The van der Waals surface area contributed by atoms with Gasteiger partial charge in [-0.25, -0.2) is 24.8 Å². The lowest BCUT2D eigenvalue weighted by atomic mass is 9.93. The minimum absolute atomic E-state index is 0.131. The van der Waals surface area contributed by atoms with E-state index < -0.39 is 11.7 Å². The molecular formula is C47H25F3N8. The van der Waals surface area contributed by atoms with Crippen molar-refractivity contribution >= 4 is 49.3 Å². The molecule has 4 aromatic heterocycles. The third-order valence-corrected chi connectivity index (χ3v) is 10.4. The van der Waals surface area contributed by atoms with Gasteiger partial charge in [0.1, 0.15) is 6.07 Å². The normalized spacial score (nSPS) is 11.7. The number of alkyl halides is 3. The van der Waals surface area contributed by atoms with Crippen LogP contribution in [0.3, 0.4) is 0 Å². The van der Waals surface area contributed by atoms with E-state index in [1.165, 1.54) is 12.1 Å². The van der Waals surface area contributed by atoms with E-state index in [1.54, 1.807) is 49.1 Å². The SMILES string of the molecule is [C-]#[N+]c1cccc(C(F)(F)F)c1-c1cc(-n2c3ccccc3c3cc(-c4ncccn4)ccc32)c(C#N)cc1-n1c2ccccc2c2cc(-c3ncccn3)ccc21. The first-order chi connectivity index (χ1) is 28.3. The van der Waals surface area contributed by atoms with Crippen molar-refractivity contribution in [3.8, 4) is 51.3 Å². The number of fused-ring (bicyclic) bond motifs is 6. The van der Waals surface area contributed by atoms with E-state index >= 15 is 13.2 Å². The van der Waals surface area contributed by atoms with Gasteiger partial charge in [0.25, 0.3) is 0 Å². The lowest BCUT2D eigenvalue weighted by molar-refractivity contribution is -0.137. The van der Waals surface area contributed by atoms with Crippen LogP contribution in [0.15, 0.2) is 152 Å². The Bertz CT molecular complexity index is 3360. The van der Waals surface area contributed by atoms with Crippen LogP contribution in [0.2, 0.25) is 0 Å². The van der Waals surface area contributed by atoms with Gasteiger partial charge in [-0.15, -0.1) is 0 Å². The van der Waals surface area contributed by atoms with Gasteiger partial charge in [-0.3, -0.25) is 0 Å². The molecule has 11 heteroatoms. The number of benzene rings is 6. The molecule has 0 aliphatic rings. The molecule has 0 saturated carbocycles. The molecule has 0 bridgehead atoms. The standard InChI is InChI=1S/C47H25F3N8/c1-52-37-12-6-11-36(47(48,49)50)44(37)35-26-42(57-38-13-4-2-9-31(38)33-23-28(15-17-40(33)57)45-53-19-7-20-54-45)30(27-51)25-43(35)58-39-14-5-3-10-32(39)34-24-29(16-18-41(34)58)46-55-21-8-22-56-46/h2-26H. The summed E-state index contributed by atoms with van der Waals surface area (Å²) in [6.45, 7) is 8.10.